The van der Waals surface area contributed by atoms with Crippen LogP contribution in [-0.2, 0) is 11.3 Å². The number of likely N-dealkylation sites (tertiary alicyclic amines) is 1. The summed E-state index contributed by atoms with van der Waals surface area (Å²) < 4.78 is 20.5. The van der Waals surface area contributed by atoms with Crippen LogP contribution in [0.1, 0.15) is 30.2 Å². The van der Waals surface area contributed by atoms with Crippen LogP contribution in [0.4, 0.5) is 10.2 Å². The first kappa shape index (κ1) is 22.0. The Morgan fingerprint density at radius 1 is 1.12 bits per heavy atom. The normalized spacial score (nSPS) is 16.4. The van der Waals surface area contributed by atoms with Gasteiger partial charge in [0.15, 0.2) is 0 Å². The van der Waals surface area contributed by atoms with E-state index >= 15 is 0 Å². The highest BCUT2D eigenvalue weighted by Crippen LogP contribution is 2.27. The van der Waals surface area contributed by atoms with Crippen LogP contribution in [0.3, 0.4) is 0 Å². The van der Waals surface area contributed by atoms with Gasteiger partial charge in [-0.05, 0) is 49.2 Å². The van der Waals surface area contributed by atoms with Crippen LogP contribution in [0.2, 0.25) is 0 Å². The second-order valence-corrected chi connectivity index (χ2v) is 8.45. The summed E-state index contributed by atoms with van der Waals surface area (Å²) in [5.74, 6) is 1.31. The van der Waals surface area contributed by atoms with Gasteiger partial charge in [-0.1, -0.05) is 35.5 Å². The summed E-state index contributed by atoms with van der Waals surface area (Å²) in [5.41, 5.74) is 1.82. The fourth-order valence-corrected chi connectivity index (χ4v) is 4.22. The number of halogens is 1. The van der Waals surface area contributed by atoms with Gasteiger partial charge in [0, 0.05) is 18.2 Å². The van der Waals surface area contributed by atoms with Gasteiger partial charge in [-0.2, -0.15) is 10.1 Å². The first-order chi connectivity index (χ1) is 16.6. The fourth-order valence-electron chi connectivity index (χ4n) is 4.22. The summed E-state index contributed by atoms with van der Waals surface area (Å²) in [6.07, 6.45) is 3.52. The van der Waals surface area contributed by atoms with Gasteiger partial charge in [-0.3, -0.25) is 9.69 Å². The molecular weight excluding hydrogens is 435 g/mol. The molecule has 1 amide bonds. The van der Waals surface area contributed by atoms with Crippen molar-refractivity contribution < 1.29 is 13.7 Å². The number of nitrogens with one attached hydrogen (secondary N) is 1. The Morgan fingerprint density at radius 2 is 1.94 bits per heavy atom. The van der Waals surface area contributed by atoms with Crippen molar-refractivity contribution in [1.82, 2.24) is 24.8 Å². The van der Waals surface area contributed by atoms with Gasteiger partial charge in [0.1, 0.15) is 11.6 Å². The number of amides is 1. The first-order valence-electron chi connectivity index (χ1n) is 11.3. The molecule has 1 N–H and O–H groups in total. The maximum absolute atomic E-state index is 13.2. The fraction of sp³-hybridized carbons (Fsp3) is 0.280. The first-order valence-corrected chi connectivity index (χ1v) is 11.3. The van der Waals surface area contributed by atoms with Crippen LogP contribution in [0.15, 0.2) is 71.4 Å². The maximum atomic E-state index is 13.2. The molecule has 0 radical (unpaired) electrons. The van der Waals surface area contributed by atoms with Crippen molar-refractivity contribution in [3.05, 3.63) is 84.1 Å². The van der Waals surface area contributed by atoms with E-state index in [0.29, 0.717) is 36.2 Å². The van der Waals surface area contributed by atoms with Crippen molar-refractivity contribution >= 4 is 11.7 Å². The highest BCUT2D eigenvalue weighted by atomic mass is 19.1. The van der Waals surface area contributed by atoms with Crippen LogP contribution >= 0.6 is 0 Å². The lowest BCUT2D eigenvalue weighted by atomic mass is 9.98. The third-order valence-corrected chi connectivity index (χ3v) is 5.93. The summed E-state index contributed by atoms with van der Waals surface area (Å²) in [4.78, 5) is 19.4. The van der Waals surface area contributed by atoms with E-state index in [2.05, 4.69) is 25.5 Å². The summed E-state index contributed by atoms with van der Waals surface area (Å²) in [6, 6.07) is 17.8. The monoisotopic (exact) mass is 460 g/mol. The maximum Gasteiger partial charge on any atom is 0.239 e. The van der Waals surface area contributed by atoms with Crippen molar-refractivity contribution in [3.8, 4) is 11.4 Å². The number of aromatic nitrogens is 4. The zero-order valence-electron chi connectivity index (χ0n) is 18.6. The molecule has 1 unspecified atom stereocenters. The van der Waals surface area contributed by atoms with E-state index in [1.165, 1.54) is 12.1 Å². The molecule has 34 heavy (non-hydrogen) atoms. The molecule has 1 aliphatic rings. The lowest BCUT2D eigenvalue weighted by molar-refractivity contribution is -0.117. The zero-order chi connectivity index (χ0) is 23.3. The smallest absolute Gasteiger partial charge is 0.239 e. The molecule has 1 atom stereocenters. The molecule has 1 fully saturated rings. The predicted octanol–water partition coefficient (Wildman–Crippen LogP) is 3.94. The Labute approximate surface area is 196 Å². The number of piperidine rings is 1. The number of benzene rings is 2. The lowest BCUT2D eigenvalue weighted by Gasteiger charge is -2.30. The van der Waals surface area contributed by atoms with E-state index in [-0.39, 0.29) is 24.2 Å². The molecule has 0 bridgehead atoms. The standard InChI is InChI=1S/C25H25FN6O2/c26-21-10-8-19(9-11-21)24-29-25(34-30-24)20-7-4-14-31(16-20)17-23(33)28-22-12-13-27-32(22)15-18-5-2-1-3-6-18/h1-3,5-6,8-13,20H,4,7,14-17H2,(H,28,33). The molecule has 5 rings (SSSR count). The van der Waals surface area contributed by atoms with E-state index in [1.807, 2.05) is 30.3 Å². The van der Waals surface area contributed by atoms with Crippen LogP contribution in [-0.4, -0.2) is 50.4 Å². The van der Waals surface area contributed by atoms with Crippen molar-refractivity contribution in [3.63, 3.8) is 0 Å². The summed E-state index contributed by atoms with van der Waals surface area (Å²) in [6.45, 7) is 2.34. The van der Waals surface area contributed by atoms with E-state index in [1.54, 1.807) is 29.1 Å². The summed E-state index contributed by atoms with van der Waals surface area (Å²) in [5, 5.41) is 11.4. The third kappa shape index (κ3) is 5.20. The quantitative estimate of drug-likeness (QED) is 0.449. The number of carbonyl (C=O) groups excluding carboxylic acids is 1. The van der Waals surface area contributed by atoms with Crippen LogP contribution < -0.4 is 5.32 Å². The van der Waals surface area contributed by atoms with Gasteiger partial charge in [-0.25, -0.2) is 9.07 Å². The molecule has 1 aliphatic heterocycles. The van der Waals surface area contributed by atoms with Gasteiger partial charge in [0.25, 0.3) is 0 Å². The van der Waals surface area contributed by atoms with Gasteiger partial charge in [0.05, 0.1) is 25.2 Å². The van der Waals surface area contributed by atoms with Gasteiger partial charge in [-0.15, -0.1) is 0 Å². The highest BCUT2D eigenvalue weighted by Gasteiger charge is 2.27. The average Bonchev–Trinajstić information content (AvgIpc) is 3.51. The second-order valence-electron chi connectivity index (χ2n) is 8.45. The molecule has 0 saturated carbocycles. The highest BCUT2D eigenvalue weighted by molar-refractivity contribution is 5.91. The Morgan fingerprint density at radius 3 is 2.76 bits per heavy atom. The minimum atomic E-state index is -0.309. The molecular formula is C25H25FN6O2. The van der Waals surface area contributed by atoms with Crippen molar-refractivity contribution in [2.24, 2.45) is 0 Å². The molecule has 1 saturated heterocycles. The van der Waals surface area contributed by atoms with Gasteiger partial charge >= 0.3 is 0 Å². The molecule has 0 spiro atoms. The van der Waals surface area contributed by atoms with Crippen molar-refractivity contribution in [2.75, 3.05) is 25.0 Å². The Bertz CT molecular complexity index is 1240. The number of nitrogens with zero attached hydrogens (tertiary/aromatic N) is 5. The molecule has 2 aromatic heterocycles. The summed E-state index contributed by atoms with van der Waals surface area (Å²) in [7, 11) is 0. The minimum Gasteiger partial charge on any atom is -0.339 e. The van der Waals surface area contributed by atoms with Gasteiger partial charge in [0.2, 0.25) is 17.6 Å². The molecule has 9 heteroatoms. The van der Waals surface area contributed by atoms with Crippen molar-refractivity contribution in [2.45, 2.75) is 25.3 Å². The predicted molar refractivity (Wildman–Crippen MR) is 125 cm³/mol. The van der Waals surface area contributed by atoms with Crippen LogP contribution in [0.5, 0.6) is 0 Å². The second kappa shape index (κ2) is 9.96. The van der Waals surface area contributed by atoms with E-state index < -0.39 is 0 Å². The van der Waals surface area contributed by atoms with Crippen molar-refractivity contribution in [1.29, 1.82) is 0 Å². The Kier molecular flexibility index (Phi) is 6.44. The SMILES string of the molecule is O=C(CN1CCCC(c2nc(-c3ccc(F)cc3)no2)C1)Nc1ccnn1Cc1ccccc1. The number of anilines is 1. The molecule has 2 aromatic carbocycles. The Balaban J connectivity index is 1.18. The largest absolute Gasteiger partial charge is 0.339 e. The third-order valence-electron chi connectivity index (χ3n) is 5.93. The molecule has 0 aliphatic carbocycles. The summed E-state index contributed by atoms with van der Waals surface area (Å²) >= 11 is 0. The average molecular weight is 461 g/mol. The molecule has 3 heterocycles. The van der Waals surface area contributed by atoms with E-state index in [4.69, 9.17) is 4.52 Å². The molecule has 174 valence electrons. The number of hydrogen-bond donors (Lipinski definition) is 1. The lowest BCUT2D eigenvalue weighted by Crippen LogP contribution is -2.40. The topological polar surface area (TPSA) is 89.1 Å². The number of rotatable bonds is 7. The Hall–Kier alpha value is -3.85. The van der Waals surface area contributed by atoms with E-state index in [0.717, 1.165) is 24.9 Å². The zero-order valence-corrected chi connectivity index (χ0v) is 18.6. The molecule has 8 nitrogen and oxygen atoms in total. The van der Waals surface area contributed by atoms with Crippen LogP contribution in [0.25, 0.3) is 11.4 Å². The van der Waals surface area contributed by atoms with E-state index in [9.17, 15) is 9.18 Å². The minimum absolute atomic E-state index is 0.0480. The number of hydrogen-bond acceptors (Lipinski definition) is 6. The molecule has 4 aromatic rings. The number of carbonyl (C=O) groups is 1. The van der Waals surface area contributed by atoms with Gasteiger partial charge < -0.3 is 9.84 Å². The van der Waals surface area contributed by atoms with Crippen LogP contribution in [0, 0.1) is 5.82 Å².